The van der Waals surface area contributed by atoms with Crippen LogP contribution in [-0.2, 0) is 16.1 Å². The number of hydrogen-bond acceptors (Lipinski definition) is 5. The molecule has 2 fully saturated rings. The molecule has 1 aromatic rings. The van der Waals surface area contributed by atoms with E-state index in [9.17, 15) is 9.59 Å². The third-order valence-corrected chi connectivity index (χ3v) is 4.15. The number of amides is 2. The predicted octanol–water partition coefficient (Wildman–Crippen LogP) is -0.257. The Morgan fingerprint density at radius 3 is 2.68 bits per heavy atom. The highest BCUT2D eigenvalue weighted by Gasteiger charge is 2.38. The van der Waals surface area contributed by atoms with E-state index >= 15 is 0 Å². The molecule has 3 rings (SSSR count). The third-order valence-electron chi connectivity index (χ3n) is 4.15. The minimum atomic E-state index is -0.370. The van der Waals surface area contributed by atoms with Crippen LogP contribution in [0.4, 0.5) is 0 Å². The van der Waals surface area contributed by atoms with E-state index in [1.54, 1.807) is 4.90 Å². The second-order valence-corrected chi connectivity index (χ2v) is 6.16. The van der Waals surface area contributed by atoms with Crippen molar-refractivity contribution in [3.05, 3.63) is 23.8 Å². The first-order valence-electron chi connectivity index (χ1n) is 7.65. The van der Waals surface area contributed by atoms with Crippen LogP contribution in [0.1, 0.15) is 31.2 Å². The molecule has 118 valence electrons. The van der Waals surface area contributed by atoms with Crippen LogP contribution in [0, 0.1) is 0 Å². The molecule has 0 unspecified atom stereocenters. The summed E-state index contributed by atoms with van der Waals surface area (Å²) in [5, 5.41) is 2.65. The minimum Gasteiger partial charge on any atom is -0.345 e. The fourth-order valence-electron chi connectivity index (χ4n) is 2.89. The monoisotopic (exact) mass is 303 g/mol. The van der Waals surface area contributed by atoms with Crippen molar-refractivity contribution in [2.24, 2.45) is 0 Å². The van der Waals surface area contributed by atoms with E-state index in [0.717, 1.165) is 17.9 Å². The van der Waals surface area contributed by atoms with Crippen LogP contribution in [-0.4, -0.2) is 63.8 Å². The lowest BCUT2D eigenvalue weighted by Gasteiger charge is -2.42. The minimum absolute atomic E-state index is 0.00821. The number of rotatable bonds is 3. The fourth-order valence-corrected chi connectivity index (χ4v) is 2.89. The fraction of sp³-hybridized carbons (Fsp3) is 0.600. The SMILES string of the molecule is CC(C)c1ncc(CN2CCN3C(=O)CNC(=O)[C@H]3C2)cn1. The number of piperazine rings is 2. The first-order valence-corrected chi connectivity index (χ1v) is 7.65. The molecule has 2 amide bonds. The molecule has 1 aromatic heterocycles. The zero-order valence-corrected chi connectivity index (χ0v) is 13.0. The average Bonchev–Trinajstić information content (AvgIpc) is 2.52. The van der Waals surface area contributed by atoms with Gasteiger partial charge in [0, 0.05) is 50.1 Å². The summed E-state index contributed by atoms with van der Waals surface area (Å²) in [5.74, 6) is 1.10. The molecule has 0 spiro atoms. The van der Waals surface area contributed by atoms with Crippen LogP contribution >= 0.6 is 0 Å². The molecule has 2 saturated heterocycles. The van der Waals surface area contributed by atoms with Gasteiger partial charge >= 0.3 is 0 Å². The Kier molecular flexibility index (Phi) is 4.06. The summed E-state index contributed by atoms with van der Waals surface area (Å²) in [6.45, 7) is 6.87. The lowest BCUT2D eigenvalue weighted by Crippen LogP contribution is -2.65. The molecule has 2 aliphatic heterocycles. The largest absolute Gasteiger partial charge is 0.345 e. The topological polar surface area (TPSA) is 78.4 Å². The maximum Gasteiger partial charge on any atom is 0.244 e. The van der Waals surface area contributed by atoms with Gasteiger partial charge in [0.25, 0.3) is 0 Å². The zero-order valence-electron chi connectivity index (χ0n) is 13.0. The van der Waals surface area contributed by atoms with Gasteiger partial charge in [-0.05, 0) is 0 Å². The van der Waals surface area contributed by atoms with Crippen molar-refractivity contribution in [3.63, 3.8) is 0 Å². The maximum absolute atomic E-state index is 11.9. The molecule has 2 aliphatic rings. The summed E-state index contributed by atoms with van der Waals surface area (Å²) >= 11 is 0. The van der Waals surface area contributed by atoms with E-state index in [0.29, 0.717) is 25.6 Å². The Labute approximate surface area is 129 Å². The Balaban J connectivity index is 1.64. The van der Waals surface area contributed by atoms with Crippen molar-refractivity contribution in [1.29, 1.82) is 0 Å². The second-order valence-electron chi connectivity index (χ2n) is 6.16. The van der Waals surface area contributed by atoms with Gasteiger partial charge < -0.3 is 10.2 Å². The van der Waals surface area contributed by atoms with Gasteiger partial charge in [0.05, 0.1) is 6.54 Å². The lowest BCUT2D eigenvalue weighted by atomic mass is 10.1. The number of nitrogens with zero attached hydrogens (tertiary/aromatic N) is 4. The lowest BCUT2D eigenvalue weighted by molar-refractivity contribution is -0.149. The number of carbonyl (C=O) groups excluding carboxylic acids is 2. The van der Waals surface area contributed by atoms with Crippen molar-refractivity contribution < 1.29 is 9.59 Å². The Morgan fingerprint density at radius 1 is 1.27 bits per heavy atom. The van der Waals surface area contributed by atoms with Crippen LogP contribution < -0.4 is 5.32 Å². The van der Waals surface area contributed by atoms with Crippen molar-refractivity contribution in [1.82, 2.24) is 25.1 Å². The maximum atomic E-state index is 11.9. The van der Waals surface area contributed by atoms with Gasteiger partial charge in [-0.3, -0.25) is 14.5 Å². The molecular weight excluding hydrogens is 282 g/mol. The highest BCUT2D eigenvalue weighted by molar-refractivity contribution is 5.95. The highest BCUT2D eigenvalue weighted by Crippen LogP contribution is 2.16. The van der Waals surface area contributed by atoms with Crippen molar-refractivity contribution in [2.45, 2.75) is 32.4 Å². The molecule has 7 nitrogen and oxygen atoms in total. The molecule has 1 atom stereocenters. The van der Waals surface area contributed by atoms with Crippen LogP contribution in [0.25, 0.3) is 0 Å². The number of aromatic nitrogens is 2. The number of fused-ring (bicyclic) bond motifs is 1. The first-order chi connectivity index (χ1) is 10.5. The van der Waals surface area contributed by atoms with Crippen LogP contribution in [0.2, 0.25) is 0 Å². The average molecular weight is 303 g/mol. The zero-order chi connectivity index (χ0) is 15.7. The quantitative estimate of drug-likeness (QED) is 0.832. The Bertz CT molecular complexity index is 572. The summed E-state index contributed by atoms with van der Waals surface area (Å²) in [6.07, 6.45) is 3.70. The summed E-state index contributed by atoms with van der Waals surface area (Å²) in [4.78, 5) is 36.4. The summed E-state index contributed by atoms with van der Waals surface area (Å²) in [7, 11) is 0. The van der Waals surface area contributed by atoms with E-state index in [-0.39, 0.29) is 24.4 Å². The van der Waals surface area contributed by atoms with E-state index in [2.05, 4.69) is 34.0 Å². The van der Waals surface area contributed by atoms with E-state index < -0.39 is 0 Å². The standard InChI is InChI=1S/C15H21N5O2/c1-10(2)14-16-5-11(6-17-14)8-19-3-4-20-12(9-19)15(22)18-7-13(20)21/h5-6,10,12H,3-4,7-9H2,1-2H3,(H,18,22)/t12-/m1/s1. The molecule has 1 N–H and O–H groups in total. The molecule has 22 heavy (non-hydrogen) atoms. The van der Waals surface area contributed by atoms with Crippen molar-refractivity contribution in [3.8, 4) is 0 Å². The van der Waals surface area contributed by atoms with E-state index in [4.69, 9.17) is 0 Å². The van der Waals surface area contributed by atoms with Gasteiger partial charge in [0.2, 0.25) is 11.8 Å². The van der Waals surface area contributed by atoms with E-state index in [1.807, 2.05) is 12.4 Å². The third kappa shape index (κ3) is 2.94. The number of carbonyl (C=O) groups is 2. The van der Waals surface area contributed by atoms with Gasteiger partial charge in [0.1, 0.15) is 11.9 Å². The number of nitrogens with one attached hydrogen (secondary N) is 1. The van der Waals surface area contributed by atoms with E-state index in [1.165, 1.54) is 0 Å². The molecule has 3 heterocycles. The summed E-state index contributed by atoms with van der Waals surface area (Å²) in [6, 6.07) is -0.370. The highest BCUT2D eigenvalue weighted by atomic mass is 16.2. The normalized spacial score (nSPS) is 22.7. The molecular formula is C15H21N5O2. The van der Waals surface area contributed by atoms with Crippen LogP contribution in [0.3, 0.4) is 0 Å². The van der Waals surface area contributed by atoms with Gasteiger partial charge in [0.15, 0.2) is 0 Å². The second kappa shape index (κ2) is 6.00. The van der Waals surface area contributed by atoms with Crippen LogP contribution in [0.5, 0.6) is 0 Å². The summed E-state index contributed by atoms with van der Waals surface area (Å²) < 4.78 is 0. The van der Waals surface area contributed by atoms with Gasteiger partial charge in [-0.15, -0.1) is 0 Å². The van der Waals surface area contributed by atoms with Crippen LogP contribution in [0.15, 0.2) is 12.4 Å². The van der Waals surface area contributed by atoms with Gasteiger partial charge in [-0.25, -0.2) is 9.97 Å². The molecule has 0 bridgehead atoms. The molecule has 0 saturated carbocycles. The van der Waals surface area contributed by atoms with Gasteiger partial charge in [-0.2, -0.15) is 0 Å². The smallest absolute Gasteiger partial charge is 0.244 e. The van der Waals surface area contributed by atoms with Crippen molar-refractivity contribution >= 4 is 11.8 Å². The Hall–Kier alpha value is -2.02. The van der Waals surface area contributed by atoms with Gasteiger partial charge in [-0.1, -0.05) is 13.8 Å². The molecule has 0 radical (unpaired) electrons. The van der Waals surface area contributed by atoms with Crippen molar-refractivity contribution in [2.75, 3.05) is 26.2 Å². The first kappa shape index (κ1) is 14.9. The molecule has 0 aromatic carbocycles. The molecule has 7 heteroatoms. The predicted molar refractivity (Wildman–Crippen MR) is 79.9 cm³/mol. The summed E-state index contributed by atoms with van der Waals surface area (Å²) in [5.41, 5.74) is 1.03. The number of hydrogen-bond donors (Lipinski definition) is 1. The molecule has 0 aliphatic carbocycles. The Morgan fingerprint density at radius 2 is 2.00 bits per heavy atom.